The SMILES string of the molecule is CC(C)OP(=O)(OC(C)C)C(F)(C#N)c1ccccc1. The third kappa shape index (κ3) is 3.46. The van der Waals surface area contributed by atoms with Crippen LogP contribution in [0.15, 0.2) is 30.3 Å². The lowest BCUT2D eigenvalue weighted by Crippen LogP contribution is -2.24. The lowest BCUT2D eigenvalue weighted by atomic mass is 10.1. The van der Waals surface area contributed by atoms with Gasteiger partial charge in [0.05, 0.1) is 12.2 Å². The Balaban J connectivity index is 3.35. The molecule has 0 fully saturated rings. The third-order valence-corrected chi connectivity index (χ3v) is 4.89. The van der Waals surface area contributed by atoms with Crippen molar-refractivity contribution >= 4 is 7.60 Å². The maximum absolute atomic E-state index is 15.1. The average Bonchev–Trinajstić information content (AvgIpc) is 2.36. The summed E-state index contributed by atoms with van der Waals surface area (Å²) >= 11 is 0. The van der Waals surface area contributed by atoms with Crippen LogP contribution in [0.5, 0.6) is 0 Å². The molecular formula is C14H19FNO3P. The van der Waals surface area contributed by atoms with E-state index >= 15 is 4.39 Å². The van der Waals surface area contributed by atoms with Crippen molar-refractivity contribution in [2.75, 3.05) is 0 Å². The monoisotopic (exact) mass is 299 g/mol. The molecule has 0 aliphatic rings. The summed E-state index contributed by atoms with van der Waals surface area (Å²) < 4.78 is 38.4. The maximum Gasteiger partial charge on any atom is 0.387 e. The van der Waals surface area contributed by atoms with E-state index in [1.54, 1.807) is 45.9 Å². The van der Waals surface area contributed by atoms with Crippen LogP contribution >= 0.6 is 7.60 Å². The number of nitrogens with zero attached hydrogens (tertiary/aromatic N) is 1. The second-order valence-electron chi connectivity index (χ2n) is 4.91. The summed E-state index contributed by atoms with van der Waals surface area (Å²) in [7, 11) is -4.30. The molecule has 1 aromatic rings. The molecule has 6 heteroatoms. The van der Waals surface area contributed by atoms with Gasteiger partial charge in [-0.2, -0.15) is 5.26 Å². The minimum atomic E-state index is -4.30. The molecule has 1 atom stereocenters. The molecule has 1 rings (SSSR count). The van der Waals surface area contributed by atoms with Gasteiger partial charge in [0.2, 0.25) is 0 Å². The van der Waals surface area contributed by atoms with Gasteiger partial charge in [-0.3, -0.25) is 4.57 Å². The van der Waals surface area contributed by atoms with Gasteiger partial charge in [0.1, 0.15) is 6.07 Å². The number of benzene rings is 1. The highest BCUT2D eigenvalue weighted by Gasteiger charge is 2.55. The van der Waals surface area contributed by atoms with Crippen LogP contribution in [0.4, 0.5) is 4.39 Å². The quantitative estimate of drug-likeness (QED) is 0.731. The normalized spacial score (nSPS) is 15.1. The number of hydrogen-bond acceptors (Lipinski definition) is 4. The number of hydrogen-bond donors (Lipinski definition) is 0. The van der Waals surface area contributed by atoms with E-state index in [4.69, 9.17) is 9.05 Å². The van der Waals surface area contributed by atoms with Crippen molar-refractivity contribution in [3.05, 3.63) is 35.9 Å². The van der Waals surface area contributed by atoms with Gasteiger partial charge in [-0.1, -0.05) is 30.3 Å². The van der Waals surface area contributed by atoms with Crippen molar-refractivity contribution in [3.63, 3.8) is 0 Å². The Morgan fingerprint density at radius 1 is 1.15 bits per heavy atom. The van der Waals surface area contributed by atoms with E-state index in [9.17, 15) is 9.83 Å². The highest BCUT2D eigenvalue weighted by atomic mass is 31.2. The zero-order valence-electron chi connectivity index (χ0n) is 12.0. The first-order chi connectivity index (χ1) is 9.25. The summed E-state index contributed by atoms with van der Waals surface area (Å²) in [4.78, 5) is 0. The second-order valence-corrected chi connectivity index (χ2v) is 6.94. The van der Waals surface area contributed by atoms with Crippen molar-refractivity contribution in [3.8, 4) is 6.07 Å². The highest BCUT2D eigenvalue weighted by molar-refractivity contribution is 7.55. The molecule has 0 amide bonds. The van der Waals surface area contributed by atoms with Gasteiger partial charge in [0.15, 0.2) is 0 Å². The summed E-state index contributed by atoms with van der Waals surface area (Å²) in [5.74, 6) is 0. The largest absolute Gasteiger partial charge is 0.387 e. The van der Waals surface area contributed by atoms with Crippen LogP contribution in [0.1, 0.15) is 33.3 Å². The molecule has 0 radical (unpaired) electrons. The van der Waals surface area contributed by atoms with Crippen molar-refractivity contribution in [1.29, 1.82) is 5.26 Å². The summed E-state index contributed by atoms with van der Waals surface area (Å²) in [5.41, 5.74) is -0.0351. The van der Waals surface area contributed by atoms with E-state index in [2.05, 4.69) is 0 Å². The van der Waals surface area contributed by atoms with Crippen molar-refractivity contribution in [2.24, 2.45) is 0 Å². The minimum absolute atomic E-state index is 0.0351. The Labute approximate surface area is 119 Å². The molecule has 110 valence electrons. The molecule has 0 saturated heterocycles. The first-order valence-electron chi connectivity index (χ1n) is 6.38. The molecule has 0 N–H and O–H groups in total. The van der Waals surface area contributed by atoms with Crippen molar-refractivity contribution in [2.45, 2.75) is 45.3 Å². The van der Waals surface area contributed by atoms with E-state index in [1.807, 2.05) is 0 Å². The number of alkyl halides is 1. The fraction of sp³-hybridized carbons (Fsp3) is 0.500. The van der Waals surface area contributed by atoms with Gasteiger partial charge in [0.25, 0.3) is 0 Å². The average molecular weight is 299 g/mol. The van der Waals surface area contributed by atoms with Crippen molar-refractivity contribution in [1.82, 2.24) is 0 Å². The fourth-order valence-electron chi connectivity index (χ4n) is 1.67. The topological polar surface area (TPSA) is 59.3 Å². The Hall–Kier alpha value is -1.21. The standard InChI is InChI=1S/C14H19FNO3P/c1-11(2)18-20(17,19-12(3)4)14(15,10-16)13-8-6-5-7-9-13/h5-9,11-12H,1-4H3. The molecule has 0 saturated carbocycles. The van der Waals surface area contributed by atoms with Crippen LogP contribution in [0, 0.1) is 11.3 Å². The predicted molar refractivity (Wildman–Crippen MR) is 74.9 cm³/mol. The van der Waals surface area contributed by atoms with E-state index in [1.165, 1.54) is 18.2 Å². The maximum atomic E-state index is 15.1. The molecule has 0 heterocycles. The number of rotatable bonds is 6. The second kappa shape index (κ2) is 6.49. The minimum Gasteiger partial charge on any atom is -0.303 e. The zero-order valence-corrected chi connectivity index (χ0v) is 12.9. The predicted octanol–water partition coefficient (Wildman–Crippen LogP) is 4.38. The molecule has 0 aliphatic heterocycles. The molecular weight excluding hydrogens is 280 g/mol. The number of halogens is 1. The van der Waals surface area contributed by atoms with Gasteiger partial charge < -0.3 is 9.05 Å². The van der Waals surface area contributed by atoms with Crippen LogP contribution in [0.3, 0.4) is 0 Å². The van der Waals surface area contributed by atoms with Crippen LogP contribution < -0.4 is 0 Å². The summed E-state index contributed by atoms with van der Waals surface area (Å²) in [6.45, 7) is 6.44. The van der Waals surface area contributed by atoms with Crippen molar-refractivity contribution < 1.29 is 18.0 Å². The molecule has 1 unspecified atom stereocenters. The summed E-state index contributed by atoms with van der Waals surface area (Å²) in [6, 6.07) is 9.06. The first-order valence-corrected chi connectivity index (χ1v) is 7.92. The Bertz CT molecular complexity index is 513. The summed E-state index contributed by atoms with van der Waals surface area (Å²) in [6.07, 6.45) is -1.07. The van der Waals surface area contributed by atoms with E-state index in [0.717, 1.165) is 0 Å². The highest BCUT2D eigenvalue weighted by Crippen LogP contribution is 2.66. The Morgan fingerprint density at radius 2 is 1.60 bits per heavy atom. The van der Waals surface area contributed by atoms with E-state index in [-0.39, 0.29) is 5.56 Å². The molecule has 20 heavy (non-hydrogen) atoms. The van der Waals surface area contributed by atoms with Crippen LogP contribution in [0.25, 0.3) is 0 Å². The molecule has 0 spiro atoms. The van der Waals surface area contributed by atoms with Gasteiger partial charge in [-0.05, 0) is 27.7 Å². The Kier molecular flexibility index (Phi) is 5.47. The van der Waals surface area contributed by atoms with E-state index in [0.29, 0.717) is 0 Å². The molecule has 0 aromatic heterocycles. The molecule has 4 nitrogen and oxygen atoms in total. The zero-order chi connectivity index (χ0) is 15.4. The first kappa shape index (κ1) is 16.8. The summed E-state index contributed by atoms with van der Waals surface area (Å²) in [5, 5.41) is 6.41. The fourth-order valence-corrected chi connectivity index (χ4v) is 3.71. The van der Waals surface area contributed by atoms with Gasteiger partial charge >= 0.3 is 13.0 Å². The van der Waals surface area contributed by atoms with Crippen LogP contribution in [0.2, 0.25) is 0 Å². The van der Waals surface area contributed by atoms with Crippen LogP contribution in [-0.4, -0.2) is 12.2 Å². The Morgan fingerprint density at radius 3 is 1.95 bits per heavy atom. The lowest BCUT2D eigenvalue weighted by Gasteiger charge is -2.30. The van der Waals surface area contributed by atoms with Gasteiger partial charge in [0, 0.05) is 5.56 Å². The molecule has 0 aliphatic carbocycles. The third-order valence-electron chi connectivity index (χ3n) is 2.38. The molecule has 0 bridgehead atoms. The van der Waals surface area contributed by atoms with Crippen LogP contribution in [-0.2, 0) is 19.0 Å². The van der Waals surface area contributed by atoms with E-state index < -0.39 is 25.2 Å². The van der Waals surface area contributed by atoms with Gasteiger partial charge in [-0.15, -0.1) is 0 Å². The molecule has 1 aromatic carbocycles. The number of nitriles is 1. The smallest absolute Gasteiger partial charge is 0.303 e. The lowest BCUT2D eigenvalue weighted by molar-refractivity contribution is 0.109. The van der Waals surface area contributed by atoms with Gasteiger partial charge in [-0.25, -0.2) is 4.39 Å².